The van der Waals surface area contributed by atoms with Crippen molar-refractivity contribution >= 4 is 22.9 Å². The van der Waals surface area contributed by atoms with Crippen LogP contribution in [-0.2, 0) is 5.41 Å². The molecule has 1 aromatic heterocycles. The molecule has 0 aliphatic rings. The minimum absolute atomic E-state index is 0.210. The van der Waals surface area contributed by atoms with E-state index in [0.29, 0.717) is 0 Å². The predicted octanol–water partition coefficient (Wildman–Crippen LogP) is 5.01. The molecule has 1 N–H and O–H groups in total. The van der Waals surface area contributed by atoms with Gasteiger partial charge in [-0.1, -0.05) is 44.5 Å². The van der Waals surface area contributed by atoms with Crippen molar-refractivity contribution in [2.24, 2.45) is 0 Å². The molecule has 3 heteroatoms. The maximum absolute atomic E-state index is 5.95. The summed E-state index contributed by atoms with van der Waals surface area (Å²) >= 11 is 7.83. The molecule has 1 unspecified atom stereocenters. The summed E-state index contributed by atoms with van der Waals surface area (Å²) in [5.74, 6) is 0. The zero-order chi connectivity index (χ0) is 14.0. The minimum Gasteiger partial charge on any atom is -0.309 e. The molecule has 2 aromatic rings. The van der Waals surface area contributed by atoms with Crippen molar-refractivity contribution in [1.82, 2.24) is 5.32 Å². The molecule has 0 saturated carbocycles. The van der Waals surface area contributed by atoms with Crippen LogP contribution in [-0.4, -0.2) is 7.05 Å². The van der Waals surface area contributed by atoms with Gasteiger partial charge in [-0.3, -0.25) is 0 Å². The molecule has 0 spiro atoms. The van der Waals surface area contributed by atoms with Gasteiger partial charge >= 0.3 is 0 Å². The van der Waals surface area contributed by atoms with E-state index in [-0.39, 0.29) is 11.5 Å². The SMILES string of the molecule is CNC(c1ccc(Cl)cc1)c1ccc(C(C)(C)C)s1. The van der Waals surface area contributed by atoms with Crippen LogP contribution in [0.4, 0.5) is 0 Å². The second-order valence-electron chi connectivity index (χ2n) is 5.73. The molecule has 1 aromatic carbocycles. The molecular formula is C16H20ClNS. The van der Waals surface area contributed by atoms with Gasteiger partial charge in [-0.2, -0.15) is 0 Å². The second kappa shape index (κ2) is 5.66. The van der Waals surface area contributed by atoms with E-state index in [0.717, 1.165) is 5.02 Å². The fourth-order valence-corrected chi connectivity index (χ4v) is 3.37. The Balaban J connectivity index is 2.32. The highest BCUT2D eigenvalue weighted by Crippen LogP contribution is 2.34. The summed E-state index contributed by atoms with van der Waals surface area (Å²) in [5, 5.41) is 4.16. The first-order valence-electron chi connectivity index (χ1n) is 6.45. The molecule has 2 rings (SSSR count). The lowest BCUT2D eigenvalue weighted by Gasteiger charge is -2.17. The van der Waals surface area contributed by atoms with Gasteiger partial charge in [-0.15, -0.1) is 11.3 Å². The molecule has 1 heterocycles. The number of hydrogen-bond acceptors (Lipinski definition) is 2. The van der Waals surface area contributed by atoms with E-state index in [4.69, 9.17) is 11.6 Å². The molecular weight excluding hydrogens is 274 g/mol. The van der Waals surface area contributed by atoms with E-state index in [2.05, 4.69) is 50.4 Å². The van der Waals surface area contributed by atoms with Gasteiger partial charge in [0, 0.05) is 14.8 Å². The number of halogens is 1. The van der Waals surface area contributed by atoms with Gasteiger partial charge in [0.1, 0.15) is 0 Å². The van der Waals surface area contributed by atoms with Crippen LogP contribution in [0.2, 0.25) is 5.02 Å². The Hall–Kier alpha value is -0.830. The number of thiophene rings is 1. The Morgan fingerprint density at radius 3 is 2.16 bits per heavy atom. The normalized spacial score (nSPS) is 13.5. The van der Waals surface area contributed by atoms with Crippen LogP contribution in [0.3, 0.4) is 0 Å². The van der Waals surface area contributed by atoms with E-state index >= 15 is 0 Å². The average molecular weight is 294 g/mol. The van der Waals surface area contributed by atoms with E-state index in [9.17, 15) is 0 Å². The van der Waals surface area contributed by atoms with Gasteiger partial charge < -0.3 is 5.32 Å². The Bertz CT molecular complexity index is 537. The van der Waals surface area contributed by atoms with Crippen LogP contribution in [0, 0.1) is 0 Å². The third-order valence-corrected chi connectivity index (χ3v) is 4.97. The van der Waals surface area contributed by atoms with Crippen molar-refractivity contribution in [3.8, 4) is 0 Å². The second-order valence-corrected chi connectivity index (χ2v) is 7.28. The first-order chi connectivity index (χ1) is 8.91. The first kappa shape index (κ1) is 14.6. The van der Waals surface area contributed by atoms with Crippen molar-refractivity contribution in [3.63, 3.8) is 0 Å². The Morgan fingerprint density at radius 2 is 1.68 bits per heavy atom. The summed E-state index contributed by atoms with van der Waals surface area (Å²) < 4.78 is 0. The van der Waals surface area contributed by atoms with Crippen LogP contribution in [0.25, 0.3) is 0 Å². The smallest absolute Gasteiger partial charge is 0.0668 e. The summed E-state index contributed by atoms with van der Waals surface area (Å²) in [5.41, 5.74) is 1.45. The summed E-state index contributed by atoms with van der Waals surface area (Å²) in [6.07, 6.45) is 0. The molecule has 0 saturated heterocycles. The van der Waals surface area contributed by atoms with Gasteiger partial charge in [0.25, 0.3) is 0 Å². The van der Waals surface area contributed by atoms with Crippen LogP contribution in [0.5, 0.6) is 0 Å². The highest BCUT2D eigenvalue weighted by Gasteiger charge is 2.20. The van der Waals surface area contributed by atoms with Crippen LogP contribution in [0.1, 0.15) is 42.1 Å². The first-order valence-corrected chi connectivity index (χ1v) is 7.64. The van der Waals surface area contributed by atoms with Gasteiger partial charge in [0.15, 0.2) is 0 Å². The van der Waals surface area contributed by atoms with Gasteiger partial charge in [0.2, 0.25) is 0 Å². The van der Waals surface area contributed by atoms with Crippen molar-refractivity contribution < 1.29 is 0 Å². The van der Waals surface area contributed by atoms with Crippen LogP contribution < -0.4 is 5.32 Å². The average Bonchev–Trinajstić information content (AvgIpc) is 2.82. The predicted molar refractivity (Wildman–Crippen MR) is 85.4 cm³/mol. The molecule has 0 fully saturated rings. The molecule has 0 amide bonds. The standard InChI is InChI=1S/C16H20ClNS/c1-16(2,3)14-10-9-13(19-14)15(18-4)11-5-7-12(17)8-6-11/h5-10,15,18H,1-4H3. The van der Waals surface area contributed by atoms with Crippen LogP contribution in [0.15, 0.2) is 36.4 Å². The highest BCUT2D eigenvalue weighted by atomic mass is 35.5. The quantitative estimate of drug-likeness (QED) is 0.839. The zero-order valence-electron chi connectivity index (χ0n) is 11.8. The topological polar surface area (TPSA) is 12.0 Å². The lowest BCUT2D eigenvalue weighted by molar-refractivity contribution is 0.604. The maximum atomic E-state index is 5.95. The molecule has 0 bridgehead atoms. The molecule has 19 heavy (non-hydrogen) atoms. The largest absolute Gasteiger partial charge is 0.309 e. The zero-order valence-corrected chi connectivity index (χ0v) is 13.4. The summed E-state index contributed by atoms with van der Waals surface area (Å²) in [4.78, 5) is 2.76. The molecule has 0 radical (unpaired) electrons. The lowest BCUT2D eigenvalue weighted by atomic mass is 9.95. The van der Waals surface area contributed by atoms with Crippen molar-refractivity contribution in [2.75, 3.05) is 7.05 Å². The number of hydrogen-bond donors (Lipinski definition) is 1. The third kappa shape index (κ3) is 3.38. The minimum atomic E-state index is 0.210. The Labute approximate surface area is 124 Å². The van der Waals surface area contributed by atoms with Gasteiger partial charge in [-0.25, -0.2) is 0 Å². The van der Waals surface area contributed by atoms with E-state index in [1.165, 1.54) is 15.3 Å². The molecule has 1 atom stereocenters. The van der Waals surface area contributed by atoms with Crippen molar-refractivity contribution in [2.45, 2.75) is 32.2 Å². The highest BCUT2D eigenvalue weighted by molar-refractivity contribution is 7.12. The third-order valence-electron chi connectivity index (χ3n) is 3.14. The fraction of sp³-hybridized carbons (Fsp3) is 0.375. The molecule has 1 nitrogen and oxygen atoms in total. The monoisotopic (exact) mass is 293 g/mol. The molecule has 0 aliphatic heterocycles. The Kier molecular flexibility index (Phi) is 4.34. The van der Waals surface area contributed by atoms with E-state index in [1.54, 1.807) is 0 Å². The Morgan fingerprint density at radius 1 is 1.05 bits per heavy atom. The number of nitrogens with one attached hydrogen (secondary N) is 1. The summed E-state index contributed by atoms with van der Waals surface area (Å²) in [6, 6.07) is 12.7. The van der Waals surface area contributed by atoms with Crippen LogP contribution >= 0.6 is 22.9 Å². The lowest BCUT2D eigenvalue weighted by Crippen LogP contribution is -2.16. The van der Waals surface area contributed by atoms with E-state index < -0.39 is 0 Å². The van der Waals surface area contributed by atoms with Crippen molar-refractivity contribution in [1.29, 1.82) is 0 Å². The summed E-state index contributed by atoms with van der Waals surface area (Å²) in [7, 11) is 2.00. The van der Waals surface area contributed by atoms with Crippen molar-refractivity contribution in [3.05, 3.63) is 56.7 Å². The van der Waals surface area contributed by atoms with E-state index in [1.807, 2.05) is 30.5 Å². The van der Waals surface area contributed by atoms with Gasteiger partial charge in [-0.05, 0) is 42.3 Å². The fourth-order valence-electron chi connectivity index (χ4n) is 2.04. The molecule has 0 aliphatic carbocycles. The maximum Gasteiger partial charge on any atom is 0.0668 e. The van der Waals surface area contributed by atoms with Gasteiger partial charge in [0.05, 0.1) is 6.04 Å². The molecule has 102 valence electrons. The summed E-state index contributed by atoms with van der Waals surface area (Å²) in [6.45, 7) is 6.75. The number of rotatable bonds is 3. The number of benzene rings is 1.